The number of fused-ring (bicyclic) bond motifs is 1. The molecule has 5 rings (SSSR count). The third-order valence-corrected chi connectivity index (χ3v) is 8.35. The number of nitrogens with two attached hydrogens (primary N) is 1. The molecule has 1 aliphatic carbocycles. The van der Waals surface area contributed by atoms with Crippen LogP contribution in [0.15, 0.2) is 36.4 Å². The van der Waals surface area contributed by atoms with Crippen molar-refractivity contribution in [1.29, 1.82) is 0 Å². The van der Waals surface area contributed by atoms with Crippen LogP contribution in [0.25, 0.3) is 11.4 Å². The highest BCUT2D eigenvalue weighted by Gasteiger charge is 2.54. The van der Waals surface area contributed by atoms with Crippen molar-refractivity contribution in [3.05, 3.63) is 42.1 Å². The van der Waals surface area contributed by atoms with Gasteiger partial charge >= 0.3 is 6.09 Å². The molecule has 3 aliphatic rings. The highest BCUT2D eigenvalue weighted by Crippen LogP contribution is 2.45. The number of aromatic nitrogens is 2. The van der Waals surface area contributed by atoms with Gasteiger partial charge < -0.3 is 30.5 Å². The number of amides is 3. The van der Waals surface area contributed by atoms with Crippen molar-refractivity contribution in [2.45, 2.75) is 45.7 Å². The van der Waals surface area contributed by atoms with Crippen molar-refractivity contribution in [2.75, 3.05) is 50.8 Å². The van der Waals surface area contributed by atoms with Gasteiger partial charge in [-0.1, -0.05) is 57.5 Å². The van der Waals surface area contributed by atoms with Crippen molar-refractivity contribution in [2.24, 2.45) is 23.5 Å². The minimum Gasteiger partial charge on any atom is -0.449 e. The molecule has 11 nitrogen and oxygen atoms in total. The van der Waals surface area contributed by atoms with Crippen molar-refractivity contribution >= 4 is 23.7 Å². The molecular weight excluding hydrogens is 522 g/mol. The van der Waals surface area contributed by atoms with Crippen LogP contribution in [0.2, 0.25) is 0 Å². The summed E-state index contributed by atoms with van der Waals surface area (Å²) in [6.45, 7) is 9.44. The van der Waals surface area contributed by atoms with Crippen LogP contribution in [0, 0.1) is 17.8 Å². The fourth-order valence-electron chi connectivity index (χ4n) is 5.62. The lowest BCUT2D eigenvalue weighted by Gasteiger charge is -2.36. The molecule has 220 valence electrons. The minimum atomic E-state index is -0.735. The van der Waals surface area contributed by atoms with Crippen LogP contribution >= 0.6 is 0 Å². The quantitative estimate of drug-likeness (QED) is 0.444. The Bertz CT molecular complexity index is 1240. The molecule has 3 N–H and O–H groups in total. The van der Waals surface area contributed by atoms with Gasteiger partial charge in [-0.2, -0.15) is 0 Å². The molecule has 3 heterocycles. The summed E-state index contributed by atoms with van der Waals surface area (Å²) in [4.78, 5) is 54.4. The fourth-order valence-corrected chi connectivity index (χ4v) is 5.62. The van der Waals surface area contributed by atoms with E-state index in [4.69, 9.17) is 15.5 Å². The average Bonchev–Trinajstić information content (AvgIpc) is 3.37. The second kappa shape index (κ2) is 12.4. The Morgan fingerprint density at radius 2 is 1.68 bits per heavy atom. The summed E-state index contributed by atoms with van der Waals surface area (Å²) in [5.41, 5.74) is 7.18. The third kappa shape index (κ3) is 6.45. The van der Waals surface area contributed by atoms with Gasteiger partial charge in [-0.3, -0.25) is 9.59 Å². The second-order valence-corrected chi connectivity index (χ2v) is 11.6. The van der Waals surface area contributed by atoms with E-state index in [1.807, 2.05) is 51.1 Å². The van der Waals surface area contributed by atoms with Gasteiger partial charge in [-0.05, 0) is 24.2 Å². The van der Waals surface area contributed by atoms with Crippen LogP contribution in [-0.2, 0) is 9.53 Å². The number of rotatable bonds is 9. The van der Waals surface area contributed by atoms with Gasteiger partial charge in [0.25, 0.3) is 5.91 Å². The number of hydrogen-bond acceptors (Lipinski definition) is 8. The van der Waals surface area contributed by atoms with E-state index in [0.717, 1.165) is 31.5 Å². The molecule has 0 spiro atoms. The molecule has 3 amide bonds. The van der Waals surface area contributed by atoms with Crippen LogP contribution in [0.3, 0.4) is 0 Å². The molecule has 0 radical (unpaired) electrons. The van der Waals surface area contributed by atoms with Gasteiger partial charge in [-0.25, -0.2) is 14.8 Å². The van der Waals surface area contributed by atoms with Gasteiger partial charge in [0.2, 0.25) is 5.91 Å². The lowest BCUT2D eigenvalue weighted by atomic mass is 10.0. The number of piperidine rings is 1. The van der Waals surface area contributed by atoms with Crippen molar-refractivity contribution in [3.63, 3.8) is 0 Å². The summed E-state index contributed by atoms with van der Waals surface area (Å²) < 4.78 is 5.31. The van der Waals surface area contributed by atoms with Crippen LogP contribution in [-0.4, -0.2) is 95.6 Å². The number of ether oxygens (including phenoxy) is 1. The van der Waals surface area contributed by atoms with E-state index in [2.05, 4.69) is 15.2 Å². The fraction of sp³-hybridized carbons (Fsp3) is 0.567. The number of unbranched alkanes of at least 4 members (excludes halogenated alkanes) is 1. The Balaban J connectivity index is 1.28. The molecule has 11 heteroatoms. The highest BCUT2D eigenvalue weighted by molar-refractivity contribution is 5.97. The zero-order chi connectivity index (χ0) is 29.1. The summed E-state index contributed by atoms with van der Waals surface area (Å²) in [5.74, 6) is 1.35. The van der Waals surface area contributed by atoms with Gasteiger partial charge in [0.1, 0.15) is 17.6 Å². The van der Waals surface area contributed by atoms with E-state index in [1.165, 1.54) is 0 Å². The molecular formula is C30H41N7O4. The lowest BCUT2D eigenvalue weighted by molar-refractivity contribution is -0.135. The molecule has 1 saturated carbocycles. The maximum atomic E-state index is 13.6. The van der Waals surface area contributed by atoms with E-state index in [1.54, 1.807) is 15.9 Å². The number of carbonyl (C=O) groups is 3. The Hall–Kier alpha value is -3.73. The number of nitrogens with one attached hydrogen (secondary N) is 1. The molecule has 0 bridgehead atoms. The molecule has 4 atom stereocenters. The summed E-state index contributed by atoms with van der Waals surface area (Å²) in [5, 5.41) is 2.96. The Labute approximate surface area is 241 Å². The number of carbonyl (C=O) groups excluding carboxylic acids is 3. The SMILES string of the molecule is CCCCOC(=O)N1CCN(C(=O)[C@@H](NC(=O)c2cc(N3C[C@@H]4C(N)[C@@H]4C3)nc(-c3ccccc3)n2)C(C)C)CC1. The number of hydrogen-bond donors (Lipinski definition) is 2. The van der Waals surface area contributed by atoms with E-state index in [-0.39, 0.29) is 29.7 Å². The average molecular weight is 564 g/mol. The molecule has 2 saturated heterocycles. The summed E-state index contributed by atoms with van der Waals surface area (Å²) in [6.07, 6.45) is 1.44. The van der Waals surface area contributed by atoms with Gasteiger partial charge in [0.15, 0.2) is 5.82 Å². The predicted octanol–water partition coefficient (Wildman–Crippen LogP) is 2.37. The number of nitrogens with zero attached hydrogens (tertiary/aromatic N) is 5. The summed E-state index contributed by atoms with van der Waals surface area (Å²) in [6, 6.07) is 10.8. The first kappa shape index (κ1) is 28.8. The maximum absolute atomic E-state index is 13.6. The molecule has 3 fully saturated rings. The van der Waals surface area contributed by atoms with Crippen LogP contribution in [0.4, 0.5) is 10.6 Å². The molecule has 1 unspecified atom stereocenters. The van der Waals surface area contributed by atoms with E-state index >= 15 is 0 Å². The summed E-state index contributed by atoms with van der Waals surface area (Å²) >= 11 is 0. The highest BCUT2D eigenvalue weighted by atomic mass is 16.6. The minimum absolute atomic E-state index is 0.148. The van der Waals surface area contributed by atoms with E-state index in [9.17, 15) is 14.4 Å². The smallest absolute Gasteiger partial charge is 0.409 e. The Morgan fingerprint density at radius 3 is 2.32 bits per heavy atom. The van der Waals surface area contributed by atoms with Crippen LogP contribution < -0.4 is 16.0 Å². The molecule has 41 heavy (non-hydrogen) atoms. The Morgan fingerprint density at radius 1 is 1.02 bits per heavy atom. The first-order valence-electron chi connectivity index (χ1n) is 14.7. The molecule has 1 aromatic heterocycles. The van der Waals surface area contributed by atoms with Gasteiger partial charge in [0.05, 0.1) is 6.61 Å². The van der Waals surface area contributed by atoms with Crippen LogP contribution in [0.5, 0.6) is 0 Å². The monoisotopic (exact) mass is 563 g/mol. The largest absolute Gasteiger partial charge is 0.449 e. The Kier molecular flexibility index (Phi) is 8.72. The predicted molar refractivity (Wildman–Crippen MR) is 155 cm³/mol. The first-order chi connectivity index (χ1) is 19.8. The zero-order valence-corrected chi connectivity index (χ0v) is 24.2. The molecule has 2 aromatic rings. The maximum Gasteiger partial charge on any atom is 0.409 e. The topological polar surface area (TPSA) is 134 Å². The standard InChI is InChI=1S/C30H41N7O4/c1-4-5-15-41-30(40)36-13-11-35(12-14-36)29(39)26(19(2)3)34-28(38)23-16-24(37-17-21-22(18-37)25(21)31)33-27(32-23)20-9-7-6-8-10-20/h6-10,16,19,21-22,25-26H,4-5,11-15,17-18,31H2,1-3H3,(H,34,38)/t21-,22+,25?,26-/m0/s1. The van der Waals surface area contributed by atoms with Gasteiger partial charge in [-0.15, -0.1) is 0 Å². The number of benzene rings is 1. The molecule has 2 aliphatic heterocycles. The van der Waals surface area contributed by atoms with Crippen molar-refractivity contribution in [3.8, 4) is 11.4 Å². The zero-order valence-electron chi connectivity index (χ0n) is 24.2. The van der Waals surface area contributed by atoms with E-state index < -0.39 is 11.9 Å². The van der Waals surface area contributed by atoms with Crippen molar-refractivity contribution in [1.82, 2.24) is 25.1 Å². The van der Waals surface area contributed by atoms with Crippen molar-refractivity contribution < 1.29 is 19.1 Å². The third-order valence-electron chi connectivity index (χ3n) is 8.35. The normalized spacial score (nSPS) is 22.4. The lowest BCUT2D eigenvalue weighted by Crippen LogP contribution is -2.57. The summed E-state index contributed by atoms with van der Waals surface area (Å²) in [7, 11) is 0. The molecule has 1 aromatic carbocycles. The van der Waals surface area contributed by atoms with E-state index in [0.29, 0.717) is 56.3 Å². The number of anilines is 1. The first-order valence-corrected chi connectivity index (χ1v) is 14.7. The van der Waals surface area contributed by atoms with Gasteiger partial charge in [0, 0.05) is 56.9 Å². The van der Waals surface area contributed by atoms with Crippen LogP contribution in [0.1, 0.15) is 44.1 Å². The second-order valence-electron chi connectivity index (χ2n) is 11.6. The number of piperazine rings is 1.